The Morgan fingerprint density at radius 3 is 2.75 bits per heavy atom. The summed E-state index contributed by atoms with van der Waals surface area (Å²) in [5, 5.41) is 1.31. The summed E-state index contributed by atoms with van der Waals surface area (Å²) < 4.78 is 0. The fourth-order valence-electron chi connectivity index (χ4n) is 1.28. The van der Waals surface area contributed by atoms with E-state index in [1.165, 1.54) is 11.8 Å². The van der Waals surface area contributed by atoms with Crippen LogP contribution in [-0.2, 0) is 4.79 Å². The molecule has 88 valence electrons. The van der Waals surface area contributed by atoms with Crippen molar-refractivity contribution in [2.24, 2.45) is 0 Å². The lowest BCUT2D eigenvalue weighted by molar-refractivity contribution is -0.127. The number of hydrogen-bond acceptors (Lipinski definition) is 3. The van der Waals surface area contributed by atoms with Gasteiger partial charge in [0, 0.05) is 19.3 Å². The van der Waals surface area contributed by atoms with E-state index in [1.807, 2.05) is 13.8 Å². The van der Waals surface area contributed by atoms with E-state index in [2.05, 4.69) is 4.98 Å². The fourth-order valence-corrected chi connectivity index (χ4v) is 2.34. The Morgan fingerprint density at radius 2 is 2.19 bits per heavy atom. The highest BCUT2D eigenvalue weighted by Crippen LogP contribution is 2.24. The van der Waals surface area contributed by atoms with Gasteiger partial charge in [0.05, 0.1) is 10.8 Å². The standard InChI is InChI=1S/C11H15ClN2OS/c1-3-14(4-2)10(15)8-16-11-9(12)6-5-7-13-11/h5-7H,3-4,8H2,1-2H3. The third-order valence-corrected chi connectivity index (χ3v) is 3.58. The number of aromatic nitrogens is 1. The van der Waals surface area contributed by atoms with Gasteiger partial charge in [0.1, 0.15) is 5.03 Å². The van der Waals surface area contributed by atoms with E-state index >= 15 is 0 Å². The Morgan fingerprint density at radius 1 is 1.50 bits per heavy atom. The summed E-state index contributed by atoms with van der Waals surface area (Å²) in [7, 11) is 0. The molecule has 3 nitrogen and oxygen atoms in total. The van der Waals surface area contributed by atoms with Crippen LogP contribution in [0.25, 0.3) is 0 Å². The molecule has 1 aromatic rings. The largest absolute Gasteiger partial charge is 0.343 e. The molecule has 0 spiro atoms. The Labute approximate surface area is 105 Å². The van der Waals surface area contributed by atoms with Gasteiger partial charge in [-0.25, -0.2) is 4.98 Å². The second kappa shape index (κ2) is 6.76. The number of carbonyl (C=O) groups excluding carboxylic acids is 1. The van der Waals surface area contributed by atoms with Gasteiger partial charge in [-0.2, -0.15) is 0 Å². The zero-order valence-corrected chi connectivity index (χ0v) is 11.0. The molecule has 0 unspecified atom stereocenters. The topological polar surface area (TPSA) is 33.2 Å². The molecule has 0 atom stereocenters. The number of thioether (sulfide) groups is 1. The van der Waals surface area contributed by atoms with Gasteiger partial charge in [0.15, 0.2) is 0 Å². The summed E-state index contributed by atoms with van der Waals surface area (Å²) in [6.07, 6.45) is 1.68. The van der Waals surface area contributed by atoms with Crippen LogP contribution in [0.15, 0.2) is 23.4 Å². The monoisotopic (exact) mass is 258 g/mol. The van der Waals surface area contributed by atoms with Crippen LogP contribution in [0.2, 0.25) is 5.02 Å². The van der Waals surface area contributed by atoms with Crippen LogP contribution in [0.1, 0.15) is 13.8 Å². The van der Waals surface area contributed by atoms with Crippen molar-refractivity contribution in [1.82, 2.24) is 9.88 Å². The molecule has 0 radical (unpaired) electrons. The number of carbonyl (C=O) groups is 1. The predicted molar refractivity (Wildman–Crippen MR) is 67.9 cm³/mol. The van der Waals surface area contributed by atoms with Gasteiger partial charge in [-0.05, 0) is 26.0 Å². The van der Waals surface area contributed by atoms with E-state index in [9.17, 15) is 4.79 Å². The van der Waals surface area contributed by atoms with Crippen molar-refractivity contribution in [3.8, 4) is 0 Å². The maximum absolute atomic E-state index is 11.7. The Balaban J connectivity index is 2.52. The van der Waals surface area contributed by atoms with Gasteiger partial charge >= 0.3 is 0 Å². The van der Waals surface area contributed by atoms with E-state index in [4.69, 9.17) is 11.6 Å². The second-order valence-electron chi connectivity index (χ2n) is 3.15. The average Bonchev–Trinajstić information content (AvgIpc) is 2.29. The van der Waals surface area contributed by atoms with Crippen molar-refractivity contribution >= 4 is 29.3 Å². The van der Waals surface area contributed by atoms with Crippen LogP contribution in [-0.4, -0.2) is 34.6 Å². The number of amides is 1. The van der Waals surface area contributed by atoms with Crippen LogP contribution in [0.5, 0.6) is 0 Å². The molecule has 0 aliphatic carbocycles. The number of pyridine rings is 1. The van der Waals surface area contributed by atoms with Gasteiger partial charge in [0.25, 0.3) is 0 Å². The Hall–Kier alpha value is -0.740. The summed E-state index contributed by atoms with van der Waals surface area (Å²) in [6.45, 7) is 5.43. The molecular weight excluding hydrogens is 244 g/mol. The van der Waals surface area contributed by atoms with Gasteiger partial charge < -0.3 is 4.90 Å². The first-order valence-corrected chi connectivity index (χ1v) is 6.56. The molecule has 1 heterocycles. The molecule has 1 amide bonds. The Bertz CT molecular complexity index is 356. The highest BCUT2D eigenvalue weighted by Gasteiger charge is 2.11. The summed E-state index contributed by atoms with van der Waals surface area (Å²) in [6, 6.07) is 3.55. The molecule has 0 aliphatic heterocycles. The molecule has 0 N–H and O–H groups in total. The molecule has 0 aliphatic rings. The van der Waals surface area contributed by atoms with Crippen molar-refractivity contribution in [3.05, 3.63) is 23.4 Å². The number of hydrogen-bond donors (Lipinski definition) is 0. The highest BCUT2D eigenvalue weighted by molar-refractivity contribution is 8.00. The van der Waals surface area contributed by atoms with Gasteiger partial charge in [-0.3, -0.25) is 4.79 Å². The van der Waals surface area contributed by atoms with Crippen LogP contribution >= 0.6 is 23.4 Å². The van der Waals surface area contributed by atoms with Gasteiger partial charge in [0.2, 0.25) is 5.91 Å². The van der Waals surface area contributed by atoms with Gasteiger partial charge in [-0.15, -0.1) is 0 Å². The lowest BCUT2D eigenvalue weighted by Crippen LogP contribution is -2.31. The Kier molecular flexibility index (Phi) is 5.63. The molecule has 0 aromatic carbocycles. The third-order valence-electron chi connectivity index (χ3n) is 2.17. The normalized spacial score (nSPS) is 10.2. The van der Waals surface area contributed by atoms with Crippen LogP contribution in [0, 0.1) is 0 Å². The number of nitrogens with zero attached hydrogens (tertiary/aromatic N) is 2. The maximum Gasteiger partial charge on any atom is 0.232 e. The minimum absolute atomic E-state index is 0.122. The lowest BCUT2D eigenvalue weighted by Gasteiger charge is -2.18. The van der Waals surface area contributed by atoms with Crippen molar-refractivity contribution in [3.63, 3.8) is 0 Å². The summed E-state index contributed by atoms with van der Waals surface area (Å²) >= 11 is 7.33. The minimum atomic E-state index is 0.122. The predicted octanol–water partition coefficient (Wildman–Crippen LogP) is 2.70. The summed E-state index contributed by atoms with van der Waals surface area (Å²) in [4.78, 5) is 17.6. The van der Waals surface area contributed by atoms with Crippen molar-refractivity contribution in [2.75, 3.05) is 18.8 Å². The molecule has 5 heteroatoms. The number of halogens is 1. The fraction of sp³-hybridized carbons (Fsp3) is 0.455. The number of rotatable bonds is 5. The molecule has 16 heavy (non-hydrogen) atoms. The quantitative estimate of drug-likeness (QED) is 0.762. The van der Waals surface area contributed by atoms with Crippen LogP contribution in [0.3, 0.4) is 0 Å². The maximum atomic E-state index is 11.7. The zero-order chi connectivity index (χ0) is 12.0. The first kappa shape index (κ1) is 13.3. The van der Waals surface area contributed by atoms with E-state index in [0.29, 0.717) is 15.8 Å². The molecular formula is C11H15ClN2OS. The third kappa shape index (κ3) is 3.68. The van der Waals surface area contributed by atoms with Crippen molar-refractivity contribution in [1.29, 1.82) is 0 Å². The molecule has 0 fully saturated rings. The van der Waals surface area contributed by atoms with E-state index in [0.717, 1.165) is 13.1 Å². The lowest BCUT2D eigenvalue weighted by atomic mass is 10.5. The SMILES string of the molecule is CCN(CC)C(=O)CSc1ncccc1Cl. The van der Waals surface area contributed by atoms with Crippen molar-refractivity contribution in [2.45, 2.75) is 18.9 Å². The highest BCUT2D eigenvalue weighted by atomic mass is 35.5. The molecule has 1 rings (SSSR count). The van der Waals surface area contributed by atoms with E-state index in [-0.39, 0.29) is 5.91 Å². The zero-order valence-electron chi connectivity index (χ0n) is 9.44. The molecule has 1 aromatic heterocycles. The van der Waals surface area contributed by atoms with E-state index < -0.39 is 0 Å². The van der Waals surface area contributed by atoms with Crippen LogP contribution < -0.4 is 0 Å². The summed E-state index contributed by atoms with van der Waals surface area (Å²) in [5.41, 5.74) is 0. The smallest absolute Gasteiger partial charge is 0.232 e. The first-order chi connectivity index (χ1) is 7.69. The van der Waals surface area contributed by atoms with Crippen molar-refractivity contribution < 1.29 is 4.79 Å². The second-order valence-corrected chi connectivity index (χ2v) is 4.52. The summed E-state index contributed by atoms with van der Waals surface area (Å²) in [5.74, 6) is 0.509. The first-order valence-electron chi connectivity index (χ1n) is 5.20. The van der Waals surface area contributed by atoms with E-state index in [1.54, 1.807) is 23.2 Å². The van der Waals surface area contributed by atoms with Crippen LogP contribution in [0.4, 0.5) is 0 Å². The van der Waals surface area contributed by atoms with Gasteiger partial charge in [-0.1, -0.05) is 23.4 Å². The minimum Gasteiger partial charge on any atom is -0.343 e. The molecule has 0 bridgehead atoms. The molecule has 0 saturated carbocycles. The average molecular weight is 259 g/mol. The molecule has 0 saturated heterocycles.